The van der Waals surface area contributed by atoms with Crippen LogP contribution in [0.2, 0.25) is 0 Å². The van der Waals surface area contributed by atoms with Gasteiger partial charge in [-0.2, -0.15) is 4.98 Å². The molecule has 0 unspecified atom stereocenters. The van der Waals surface area contributed by atoms with Crippen molar-refractivity contribution in [1.29, 1.82) is 0 Å². The Morgan fingerprint density at radius 2 is 1.74 bits per heavy atom. The van der Waals surface area contributed by atoms with Crippen LogP contribution in [0.4, 0.5) is 16.6 Å². The van der Waals surface area contributed by atoms with E-state index in [4.69, 9.17) is 10.5 Å². The summed E-state index contributed by atoms with van der Waals surface area (Å²) >= 11 is 0. The minimum Gasteiger partial charge on any atom is -0.453 e. The number of nitrogen functional groups attached to an aromatic ring is 1. The van der Waals surface area contributed by atoms with Gasteiger partial charge in [0.2, 0.25) is 5.95 Å². The molecule has 0 atom stereocenters. The lowest BCUT2D eigenvalue weighted by molar-refractivity contribution is 0.0889. The van der Waals surface area contributed by atoms with Crippen LogP contribution in [0.5, 0.6) is 0 Å². The van der Waals surface area contributed by atoms with Gasteiger partial charge in [-0.15, -0.1) is 0 Å². The van der Waals surface area contributed by atoms with Crippen molar-refractivity contribution in [2.75, 3.05) is 50.9 Å². The number of anilines is 2. The first-order valence-corrected chi connectivity index (χ1v) is 12.0. The SMILES string of the molecule is CCCCNc1nc(N)nc2ccn(Cc3ccc(CN4CCN(C(=O)OC)CC4)cc3)c(=O)c12. The van der Waals surface area contributed by atoms with Gasteiger partial charge in [0.15, 0.2) is 0 Å². The molecule has 1 fully saturated rings. The third-order valence-electron chi connectivity index (χ3n) is 6.25. The highest BCUT2D eigenvalue weighted by molar-refractivity contribution is 5.89. The lowest BCUT2D eigenvalue weighted by Gasteiger charge is -2.33. The van der Waals surface area contributed by atoms with Gasteiger partial charge in [0.1, 0.15) is 11.2 Å². The highest BCUT2D eigenvalue weighted by Crippen LogP contribution is 2.18. The molecule has 4 rings (SSSR count). The Labute approximate surface area is 204 Å². The second kappa shape index (κ2) is 11.2. The molecule has 0 bridgehead atoms. The summed E-state index contributed by atoms with van der Waals surface area (Å²) in [5.41, 5.74) is 8.47. The number of aromatic nitrogens is 3. The van der Waals surface area contributed by atoms with Crippen LogP contribution >= 0.6 is 0 Å². The molecule has 0 spiro atoms. The number of carbonyl (C=O) groups is 1. The van der Waals surface area contributed by atoms with Gasteiger partial charge in [-0.1, -0.05) is 37.6 Å². The van der Waals surface area contributed by atoms with Gasteiger partial charge >= 0.3 is 6.09 Å². The summed E-state index contributed by atoms with van der Waals surface area (Å²) in [6, 6.07) is 10.1. The summed E-state index contributed by atoms with van der Waals surface area (Å²) in [5, 5.41) is 3.70. The Balaban J connectivity index is 1.44. The van der Waals surface area contributed by atoms with E-state index in [-0.39, 0.29) is 17.6 Å². The van der Waals surface area contributed by atoms with E-state index in [1.807, 2.05) is 6.07 Å². The van der Waals surface area contributed by atoms with Crippen LogP contribution in [0.25, 0.3) is 10.9 Å². The molecule has 1 saturated heterocycles. The molecule has 0 saturated carbocycles. The number of piperazine rings is 1. The zero-order valence-corrected chi connectivity index (χ0v) is 20.4. The van der Waals surface area contributed by atoms with Crippen molar-refractivity contribution in [1.82, 2.24) is 24.3 Å². The van der Waals surface area contributed by atoms with E-state index in [2.05, 4.69) is 51.4 Å². The lowest BCUT2D eigenvalue weighted by Crippen LogP contribution is -2.48. The Morgan fingerprint density at radius 3 is 2.40 bits per heavy atom. The Hall–Kier alpha value is -3.66. The molecule has 3 heterocycles. The lowest BCUT2D eigenvalue weighted by atomic mass is 10.1. The van der Waals surface area contributed by atoms with E-state index in [1.54, 1.807) is 15.7 Å². The van der Waals surface area contributed by atoms with Gasteiger partial charge in [-0.3, -0.25) is 9.69 Å². The van der Waals surface area contributed by atoms with Gasteiger partial charge in [-0.25, -0.2) is 9.78 Å². The number of methoxy groups -OCH3 is 1. The number of fused-ring (bicyclic) bond motifs is 1. The van der Waals surface area contributed by atoms with Crippen molar-refractivity contribution in [3.05, 3.63) is 58.0 Å². The average Bonchev–Trinajstić information content (AvgIpc) is 2.86. The van der Waals surface area contributed by atoms with Crippen molar-refractivity contribution in [3.8, 4) is 0 Å². The number of ether oxygens (including phenoxy) is 1. The summed E-state index contributed by atoms with van der Waals surface area (Å²) in [7, 11) is 1.41. The van der Waals surface area contributed by atoms with Gasteiger partial charge in [0.05, 0.1) is 19.2 Å². The molecule has 1 aliphatic rings. The second-order valence-electron chi connectivity index (χ2n) is 8.77. The first kappa shape index (κ1) is 24.5. The molecule has 186 valence electrons. The fraction of sp³-hybridized carbons (Fsp3) is 0.440. The third-order valence-corrected chi connectivity index (χ3v) is 6.25. The third kappa shape index (κ3) is 5.89. The second-order valence-corrected chi connectivity index (χ2v) is 8.77. The van der Waals surface area contributed by atoms with Gasteiger partial charge in [-0.05, 0) is 23.6 Å². The number of pyridine rings is 1. The van der Waals surface area contributed by atoms with Crippen molar-refractivity contribution >= 4 is 28.8 Å². The Morgan fingerprint density at radius 1 is 1.06 bits per heavy atom. The number of hydrogen-bond donors (Lipinski definition) is 2. The van der Waals surface area contributed by atoms with Crippen LogP contribution < -0.4 is 16.6 Å². The molecule has 10 nitrogen and oxygen atoms in total. The quantitative estimate of drug-likeness (QED) is 0.473. The fourth-order valence-corrected chi connectivity index (χ4v) is 4.26. The summed E-state index contributed by atoms with van der Waals surface area (Å²) < 4.78 is 6.47. The zero-order chi connectivity index (χ0) is 24.8. The smallest absolute Gasteiger partial charge is 0.409 e. The standard InChI is InChI=1S/C25H33N7O3/c1-3-4-10-27-22-21-20(28-24(26)29-22)9-11-32(23(21)33)17-19-7-5-18(6-8-19)16-30-12-14-31(15-13-30)25(34)35-2/h5-9,11H,3-4,10,12-17H2,1-2H3,(H3,26,27,28,29). The summed E-state index contributed by atoms with van der Waals surface area (Å²) in [6.07, 6.45) is 3.49. The van der Waals surface area contributed by atoms with Crippen molar-refractivity contribution in [2.45, 2.75) is 32.9 Å². The highest BCUT2D eigenvalue weighted by atomic mass is 16.5. The van der Waals surface area contributed by atoms with Gasteiger partial charge in [0, 0.05) is 45.5 Å². The van der Waals surface area contributed by atoms with E-state index >= 15 is 0 Å². The molecule has 1 aromatic carbocycles. The molecule has 0 radical (unpaired) electrons. The van der Waals surface area contributed by atoms with Crippen LogP contribution in [-0.4, -0.2) is 70.3 Å². The number of hydrogen-bond acceptors (Lipinski definition) is 8. The average molecular weight is 480 g/mol. The summed E-state index contributed by atoms with van der Waals surface area (Å²) in [4.78, 5) is 37.5. The number of benzene rings is 1. The number of rotatable bonds is 8. The number of carbonyl (C=O) groups excluding carboxylic acids is 1. The van der Waals surface area contributed by atoms with E-state index in [9.17, 15) is 9.59 Å². The highest BCUT2D eigenvalue weighted by Gasteiger charge is 2.21. The largest absolute Gasteiger partial charge is 0.453 e. The monoisotopic (exact) mass is 479 g/mol. The Bertz CT molecular complexity index is 1220. The van der Waals surface area contributed by atoms with Crippen molar-refractivity contribution < 1.29 is 9.53 Å². The molecule has 3 N–H and O–H groups in total. The van der Waals surface area contributed by atoms with Gasteiger partial charge in [0.25, 0.3) is 5.56 Å². The van der Waals surface area contributed by atoms with E-state index < -0.39 is 0 Å². The van der Waals surface area contributed by atoms with E-state index in [1.165, 1.54) is 12.7 Å². The number of nitrogens with zero attached hydrogens (tertiary/aromatic N) is 5. The molecule has 0 aliphatic carbocycles. The topological polar surface area (TPSA) is 119 Å². The molecule has 35 heavy (non-hydrogen) atoms. The molecular weight excluding hydrogens is 446 g/mol. The normalized spacial score (nSPS) is 14.3. The maximum absolute atomic E-state index is 13.3. The van der Waals surface area contributed by atoms with Crippen LogP contribution in [0, 0.1) is 0 Å². The molecule has 1 amide bonds. The molecule has 10 heteroatoms. The fourth-order valence-electron chi connectivity index (χ4n) is 4.26. The number of unbranched alkanes of at least 4 members (excludes halogenated alkanes) is 1. The summed E-state index contributed by atoms with van der Waals surface area (Å²) in [6.45, 7) is 7.05. The number of nitrogens with two attached hydrogens (primary N) is 1. The predicted octanol–water partition coefficient (Wildman–Crippen LogP) is 2.52. The number of nitrogens with one attached hydrogen (secondary N) is 1. The summed E-state index contributed by atoms with van der Waals surface area (Å²) in [5.74, 6) is 0.638. The molecule has 3 aromatic rings. The predicted molar refractivity (Wildman–Crippen MR) is 136 cm³/mol. The van der Waals surface area contributed by atoms with E-state index in [0.29, 0.717) is 36.4 Å². The minimum atomic E-state index is -0.267. The van der Waals surface area contributed by atoms with Crippen molar-refractivity contribution in [3.63, 3.8) is 0 Å². The Kier molecular flexibility index (Phi) is 7.81. The number of amides is 1. The van der Waals surface area contributed by atoms with Crippen molar-refractivity contribution in [2.24, 2.45) is 0 Å². The first-order valence-electron chi connectivity index (χ1n) is 12.0. The van der Waals surface area contributed by atoms with Crippen LogP contribution in [0.3, 0.4) is 0 Å². The first-order chi connectivity index (χ1) is 17.0. The minimum absolute atomic E-state index is 0.144. The maximum atomic E-state index is 13.3. The zero-order valence-electron chi connectivity index (χ0n) is 20.4. The van der Waals surface area contributed by atoms with Crippen LogP contribution in [0.1, 0.15) is 30.9 Å². The van der Waals surface area contributed by atoms with Crippen LogP contribution in [-0.2, 0) is 17.8 Å². The maximum Gasteiger partial charge on any atom is 0.409 e. The molecule has 1 aliphatic heterocycles. The molecular formula is C25H33N7O3. The molecule has 2 aromatic heterocycles. The van der Waals surface area contributed by atoms with E-state index in [0.717, 1.165) is 44.6 Å². The van der Waals surface area contributed by atoms with Gasteiger partial charge < -0.3 is 25.3 Å². The van der Waals surface area contributed by atoms with Crippen LogP contribution in [0.15, 0.2) is 41.3 Å².